The second kappa shape index (κ2) is 8.57. The van der Waals surface area contributed by atoms with Gasteiger partial charge in [-0.25, -0.2) is 0 Å². The molecule has 4 heteroatoms. The minimum atomic E-state index is -0.0586. The standard InChI is InChI=1S/C18H26N2O2/c1-15(21)20(17-10-6-3-7-11-17)14-18(22)19-13-12-16-8-4-2-5-9-16/h2,4-5,8-9,17H,3,6-7,10-14H2,1H3,(H,19,22). The van der Waals surface area contributed by atoms with Crippen LogP contribution in [0.4, 0.5) is 0 Å². The first-order valence-electron chi connectivity index (χ1n) is 8.24. The monoisotopic (exact) mass is 302 g/mol. The van der Waals surface area contributed by atoms with Gasteiger partial charge in [-0.3, -0.25) is 9.59 Å². The molecule has 1 N–H and O–H groups in total. The van der Waals surface area contributed by atoms with Gasteiger partial charge in [0.15, 0.2) is 0 Å². The van der Waals surface area contributed by atoms with Crippen molar-refractivity contribution in [2.75, 3.05) is 13.1 Å². The smallest absolute Gasteiger partial charge is 0.239 e. The van der Waals surface area contributed by atoms with Crippen molar-refractivity contribution in [3.8, 4) is 0 Å². The Balaban J connectivity index is 1.77. The fraction of sp³-hybridized carbons (Fsp3) is 0.556. The molecule has 0 unspecified atom stereocenters. The van der Waals surface area contributed by atoms with E-state index in [0.717, 1.165) is 32.1 Å². The highest BCUT2D eigenvalue weighted by molar-refractivity contribution is 5.84. The first kappa shape index (κ1) is 16.5. The van der Waals surface area contributed by atoms with E-state index in [0.29, 0.717) is 6.54 Å². The molecule has 0 heterocycles. The fourth-order valence-electron chi connectivity index (χ4n) is 3.09. The number of hydrogen-bond donors (Lipinski definition) is 1. The van der Waals surface area contributed by atoms with E-state index in [1.165, 1.54) is 12.0 Å². The normalized spacial score (nSPS) is 15.3. The van der Waals surface area contributed by atoms with Gasteiger partial charge in [-0.2, -0.15) is 0 Å². The molecule has 0 radical (unpaired) electrons. The number of nitrogens with zero attached hydrogens (tertiary/aromatic N) is 1. The zero-order chi connectivity index (χ0) is 15.8. The molecule has 1 aliphatic carbocycles. The van der Waals surface area contributed by atoms with Crippen LogP contribution < -0.4 is 5.32 Å². The van der Waals surface area contributed by atoms with Crippen LogP contribution in [-0.4, -0.2) is 35.8 Å². The SMILES string of the molecule is CC(=O)N(CC(=O)NCCc1ccccc1)C1CCCCC1. The lowest BCUT2D eigenvalue weighted by Crippen LogP contribution is -2.46. The quantitative estimate of drug-likeness (QED) is 0.878. The molecule has 0 atom stereocenters. The first-order chi connectivity index (χ1) is 10.7. The minimum absolute atomic E-state index is 0.00473. The Labute approximate surface area is 132 Å². The molecule has 0 aromatic heterocycles. The molecular weight excluding hydrogens is 276 g/mol. The maximum absolute atomic E-state index is 12.1. The van der Waals surface area contributed by atoms with Crippen LogP contribution >= 0.6 is 0 Å². The Morgan fingerprint density at radius 3 is 2.45 bits per heavy atom. The van der Waals surface area contributed by atoms with Crippen LogP contribution in [0.2, 0.25) is 0 Å². The van der Waals surface area contributed by atoms with Crippen molar-refractivity contribution in [1.29, 1.82) is 0 Å². The third kappa shape index (κ3) is 5.17. The molecule has 1 fully saturated rings. The van der Waals surface area contributed by atoms with Gasteiger partial charge in [-0.15, -0.1) is 0 Å². The Morgan fingerprint density at radius 2 is 1.82 bits per heavy atom. The van der Waals surface area contributed by atoms with E-state index in [1.54, 1.807) is 11.8 Å². The van der Waals surface area contributed by atoms with Gasteiger partial charge in [0.2, 0.25) is 11.8 Å². The van der Waals surface area contributed by atoms with Gasteiger partial charge < -0.3 is 10.2 Å². The van der Waals surface area contributed by atoms with E-state index >= 15 is 0 Å². The van der Waals surface area contributed by atoms with Gasteiger partial charge in [0.05, 0.1) is 6.54 Å². The number of carbonyl (C=O) groups excluding carboxylic acids is 2. The van der Waals surface area contributed by atoms with E-state index in [1.807, 2.05) is 18.2 Å². The van der Waals surface area contributed by atoms with Crippen molar-refractivity contribution >= 4 is 11.8 Å². The lowest BCUT2D eigenvalue weighted by atomic mass is 9.94. The highest BCUT2D eigenvalue weighted by Gasteiger charge is 2.24. The molecule has 1 aliphatic rings. The Bertz CT molecular complexity index is 481. The maximum Gasteiger partial charge on any atom is 0.239 e. The summed E-state index contributed by atoms with van der Waals surface area (Å²) < 4.78 is 0. The van der Waals surface area contributed by atoms with E-state index in [-0.39, 0.29) is 24.4 Å². The van der Waals surface area contributed by atoms with Gasteiger partial charge in [-0.1, -0.05) is 49.6 Å². The summed E-state index contributed by atoms with van der Waals surface area (Å²) in [7, 11) is 0. The summed E-state index contributed by atoms with van der Waals surface area (Å²) in [6, 6.07) is 10.3. The number of rotatable bonds is 6. The number of amides is 2. The van der Waals surface area contributed by atoms with Crippen LogP contribution in [-0.2, 0) is 16.0 Å². The van der Waals surface area contributed by atoms with Gasteiger partial charge in [0, 0.05) is 19.5 Å². The zero-order valence-electron chi connectivity index (χ0n) is 13.4. The van der Waals surface area contributed by atoms with Gasteiger partial charge in [0.25, 0.3) is 0 Å². The summed E-state index contributed by atoms with van der Waals surface area (Å²) in [6.07, 6.45) is 6.42. The topological polar surface area (TPSA) is 49.4 Å². The third-order valence-electron chi connectivity index (χ3n) is 4.31. The Hall–Kier alpha value is -1.84. The van der Waals surface area contributed by atoms with Gasteiger partial charge >= 0.3 is 0 Å². The molecule has 22 heavy (non-hydrogen) atoms. The number of benzene rings is 1. The Kier molecular flexibility index (Phi) is 6.44. The average Bonchev–Trinajstić information content (AvgIpc) is 2.54. The van der Waals surface area contributed by atoms with Crippen LogP contribution in [0.1, 0.15) is 44.6 Å². The predicted octanol–water partition coefficient (Wildman–Crippen LogP) is 2.53. The molecule has 120 valence electrons. The predicted molar refractivity (Wildman–Crippen MR) is 87.4 cm³/mol. The Morgan fingerprint density at radius 1 is 1.14 bits per heavy atom. The van der Waals surface area contributed by atoms with Crippen molar-refractivity contribution in [2.24, 2.45) is 0 Å². The van der Waals surface area contributed by atoms with E-state index in [9.17, 15) is 9.59 Å². The van der Waals surface area contributed by atoms with E-state index in [2.05, 4.69) is 17.4 Å². The van der Waals surface area contributed by atoms with Gasteiger partial charge in [-0.05, 0) is 24.8 Å². The lowest BCUT2D eigenvalue weighted by Gasteiger charge is -2.33. The molecule has 1 aromatic carbocycles. The second-order valence-corrected chi connectivity index (χ2v) is 6.02. The molecule has 1 saturated carbocycles. The summed E-state index contributed by atoms with van der Waals surface area (Å²) in [5, 5.41) is 2.92. The molecule has 0 spiro atoms. The molecular formula is C18H26N2O2. The number of hydrogen-bond acceptors (Lipinski definition) is 2. The molecule has 1 aromatic rings. The van der Waals surface area contributed by atoms with Gasteiger partial charge in [0.1, 0.15) is 0 Å². The summed E-state index contributed by atoms with van der Waals surface area (Å²) in [5.41, 5.74) is 1.21. The maximum atomic E-state index is 12.1. The van der Waals surface area contributed by atoms with Crippen molar-refractivity contribution in [2.45, 2.75) is 51.5 Å². The van der Waals surface area contributed by atoms with Crippen LogP contribution in [0, 0.1) is 0 Å². The summed E-state index contributed by atoms with van der Waals surface area (Å²) in [6.45, 7) is 2.36. The van der Waals surface area contributed by atoms with Crippen molar-refractivity contribution in [3.63, 3.8) is 0 Å². The summed E-state index contributed by atoms with van der Waals surface area (Å²) in [4.78, 5) is 25.7. The lowest BCUT2D eigenvalue weighted by molar-refractivity contribution is -0.137. The summed E-state index contributed by atoms with van der Waals surface area (Å²) in [5.74, 6) is -0.0539. The highest BCUT2D eigenvalue weighted by Crippen LogP contribution is 2.22. The molecule has 2 rings (SSSR count). The second-order valence-electron chi connectivity index (χ2n) is 6.02. The average molecular weight is 302 g/mol. The molecule has 0 aliphatic heterocycles. The summed E-state index contributed by atoms with van der Waals surface area (Å²) >= 11 is 0. The number of nitrogens with one attached hydrogen (secondary N) is 1. The molecule has 2 amide bonds. The van der Waals surface area contributed by atoms with Crippen molar-refractivity contribution < 1.29 is 9.59 Å². The zero-order valence-corrected chi connectivity index (χ0v) is 13.4. The molecule has 0 bridgehead atoms. The minimum Gasteiger partial charge on any atom is -0.354 e. The van der Waals surface area contributed by atoms with Crippen molar-refractivity contribution in [3.05, 3.63) is 35.9 Å². The number of carbonyl (C=O) groups is 2. The van der Waals surface area contributed by atoms with Crippen LogP contribution in [0.25, 0.3) is 0 Å². The fourth-order valence-corrected chi connectivity index (χ4v) is 3.09. The van der Waals surface area contributed by atoms with E-state index < -0.39 is 0 Å². The van der Waals surface area contributed by atoms with Crippen LogP contribution in [0.15, 0.2) is 30.3 Å². The van der Waals surface area contributed by atoms with E-state index in [4.69, 9.17) is 0 Å². The third-order valence-corrected chi connectivity index (χ3v) is 4.31. The molecule has 4 nitrogen and oxygen atoms in total. The van der Waals surface area contributed by atoms with Crippen LogP contribution in [0.3, 0.4) is 0 Å². The highest BCUT2D eigenvalue weighted by atomic mass is 16.2. The van der Waals surface area contributed by atoms with Crippen LogP contribution in [0.5, 0.6) is 0 Å². The molecule has 0 saturated heterocycles. The largest absolute Gasteiger partial charge is 0.354 e. The first-order valence-corrected chi connectivity index (χ1v) is 8.24. The van der Waals surface area contributed by atoms with Crippen molar-refractivity contribution in [1.82, 2.24) is 10.2 Å².